The molecule has 4 N–H and O–H groups in total. The number of hydrogen-bond acceptors (Lipinski definition) is 3. The maximum atomic E-state index is 11.9. The fourth-order valence-electron chi connectivity index (χ4n) is 1.93. The van der Waals surface area contributed by atoms with Crippen LogP contribution in [0.3, 0.4) is 0 Å². The molecule has 96 valence electrons. The molecule has 0 unspecified atom stereocenters. The van der Waals surface area contributed by atoms with E-state index in [1.54, 1.807) is 12.1 Å². The Kier molecular flexibility index (Phi) is 3.84. The lowest BCUT2D eigenvalue weighted by Crippen LogP contribution is -2.35. The monoisotopic (exact) mass is 267 g/mol. The highest BCUT2D eigenvalue weighted by Gasteiger charge is 2.22. The SMILES string of the molecule is NC(=O)c1cc(NC(=O)[C@@H]2CCCN2)ccc1Cl. The van der Waals surface area contributed by atoms with E-state index in [2.05, 4.69) is 10.6 Å². The molecule has 1 aliphatic heterocycles. The smallest absolute Gasteiger partial charge is 0.250 e. The van der Waals surface area contributed by atoms with Crippen LogP contribution in [0.5, 0.6) is 0 Å². The van der Waals surface area contributed by atoms with Crippen LogP contribution < -0.4 is 16.4 Å². The molecule has 0 saturated carbocycles. The standard InChI is InChI=1S/C12H14ClN3O2/c13-9-4-3-7(6-8(9)11(14)17)16-12(18)10-2-1-5-15-10/h3-4,6,10,15H,1-2,5H2,(H2,14,17)(H,16,18)/t10-/m0/s1. The molecule has 0 bridgehead atoms. The van der Waals surface area contributed by atoms with Crippen LogP contribution in [-0.4, -0.2) is 24.4 Å². The summed E-state index contributed by atoms with van der Waals surface area (Å²) in [5.74, 6) is -0.722. The number of benzene rings is 1. The van der Waals surface area contributed by atoms with Crippen LogP contribution in [-0.2, 0) is 4.79 Å². The molecule has 2 rings (SSSR count). The summed E-state index contributed by atoms with van der Waals surface area (Å²) in [6.07, 6.45) is 1.81. The zero-order valence-electron chi connectivity index (χ0n) is 9.70. The minimum Gasteiger partial charge on any atom is -0.366 e. The second-order valence-electron chi connectivity index (χ2n) is 4.20. The van der Waals surface area contributed by atoms with Crippen molar-refractivity contribution in [1.29, 1.82) is 0 Å². The van der Waals surface area contributed by atoms with E-state index in [0.29, 0.717) is 5.69 Å². The number of halogens is 1. The Bertz CT molecular complexity index is 484. The van der Waals surface area contributed by atoms with E-state index in [-0.39, 0.29) is 22.5 Å². The number of primary amides is 1. The third kappa shape index (κ3) is 2.80. The van der Waals surface area contributed by atoms with Crippen molar-refractivity contribution in [2.24, 2.45) is 5.73 Å². The maximum Gasteiger partial charge on any atom is 0.250 e. The summed E-state index contributed by atoms with van der Waals surface area (Å²) >= 11 is 5.83. The van der Waals surface area contributed by atoms with Crippen LogP contribution in [0.1, 0.15) is 23.2 Å². The average Bonchev–Trinajstić information content (AvgIpc) is 2.85. The lowest BCUT2D eigenvalue weighted by molar-refractivity contribution is -0.117. The second-order valence-corrected chi connectivity index (χ2v) is 4.60. The highest BCUT2D eigenvalue weighted by atomic mass is 35.5. The van der Waals surface area contributed by atoms with Gasteiger partial charge in [-0.25, -0.2) is 0 Å². The number of nitrogens with two attached hydrogens (primary N) is 1. The Morgan fingerprint density at radius 1 is 1.44 bits per heavy atom. The topological polar surface area (TPSA) is 84.2 Å². The van der Waals surface area contributed by atoms with Crippen LogP contribution in [0.2, 0.25) is 5.02 Å². The van der Waals surface area contributed by atoms with Crippen LogP contribution in [0, 0.1) is 0 Å². The van der Waals surface area contributed by atoms with Gasteiger partial charge in [-0.15, -0.1) is 0 Å². The molecule has 0 aromatic heterocycles. The zero-order chi connectivity index (χ0) is 13.1. The minimum absolute atomic E-state index is 0.106. The number of carbonyl (C=O) groups excluding carboxylic acids is 2. The van der Waals surface area contributed by atoms with Crippen LogP contribution in [0.4, 0.5) is 5.69 Å². The molecular formula is C12H14ClN3O2. The van der Waals surface area contributed by atoms with E-state index in [1.165, 1.54) is 6.07 Å². The summed E-state index contributed by atoms with van der Waals surface area (Å²) in [5, 5.41) is 6.11. The van der Waals surface area contributed by atoms with Gasteiger partial charge in [0.05, 0.1) is 16.6 Å². The van der Waals surface area contributed by atoms with Crippen molar-refractivity contribution >= 4 is 29.1 Å². The maximum absolute atomic E-state index is 11.9. The van der Waals surface area contributed by atoms with Crippen LogP contribution in [0.25, 0.3) is 0 Å². The van der Waals surface area contributed by atoms with Crippen molar-refractivity contribution in [3.8, 4) is 0 Å². The zero-order valence-corrected chi connectivity index (χ0v) is 10.5. The highest BCUT2D eigenvalue weighted by Crippen LogP contribution is 2.20. The van der Waals surface area contributed by atoms with E-state index in [4.69, 9.17) is 17.3 Å². The van der Waals surface area contributed by atoms with Crippen molar-refractivity contribution in [3.63, 3.8) is 0 Å². The lowest BCUT2D eigenvalue weighted by Gasteiger charge is -2.12. The summed E-state index contributed by atoms with van der Waals surface area (Å²) in [7, 11) is 0. The van der Waals surface area contributed by atoms with Gasteiger partial charge >= 0.3 is 0 Å². The predicted molar refractivity (Wildman–Crippen MR) is 69.6 cm³/mol. The summed E-state index contributed by atoms with van der Waals surface area (Å²) in [5.41, 5.74) is 5.91. The van der Waals surface area contributed by atoms with Gasteiger partial charge in [0.2, 0.25) is 11.8 Å². The van der Waals surface area contributed by atoms with Crippen molar-refractivity contribution in [2.75, 3.05) is 11.9 Å². The average molecular weight is 268 g/mol. The first-order valence-electron chi connectivity index (χ1n) is 5.71. The summed E-state index contributed by atoms with van der Waals surface area (Å²) in [6, 6.07) is 4.50. The van der Waals surface area contributed by atoms with E-state index in [0.717, 1.165) is 19.4 Å². The Morgan fingerprint density at radius 3 is 2.83 bits per heavy atom. The van der Waals surface area contributed by atoms with E-state index >= 15 is 0 Å². The molecular weight excluding hydrogens is 254 g/mol. The summed E-state index contributed by atoms with van der Waals surface area (Å²) in [6.45, 7) is 0.852. The molecule has 5 nitrogen and oxygen atoms in total. The minimum atomic E-state index is -0.616. The van der Waals surface area contributed by atoms with E-state index < -0.39 is 5.91 Å². The Morgan fingerprint density at radius 2 is 2.22 bits per heavy atom. The molecule has 0 aliphatic carbocycles. The highest BCUT2D eigenvalue weighted by molar-refractivity contribution is 6.34. The molecule has 1 saturated heterocycles. The molecule has 1 aromatic carbocycles. The Hall–Kier alpha value is -1.59. The fraction of sp³-hybridized carbons (Fsp3) is 0.333. The molecule has 18 heavy (non-hydrogen) atoms. The van der Waals surface area contributed by atoms with E-state index in [1.807, 2.05) is 0 Å². The normalized spacial score (nSPS) is 18.6. The lowest BCUT2D eigenvalue weighted by atomic mass is 10.1. The van der Waals surface area contributed by atoms with Gasteiger partial charge in [-0.05, 0) is 37.6 Å². The first-order chi connectivity index (χ1) is 8.58. The van der Waals surface area contributed by atoms with Gasteiger partial charge in [-0.1, -0.05) is 11.6 Å². The number of carbonyl (C=O) groups is 2. The molecule has 1 aromatic rings. The Balaban J connectivity index is 2.11. The summed E-state index contributed by atoms with van der Waals surface area (Å²) < 4.78 is 0. The van der Waals surface area contributed by atoms with Crippen LogP contribution >= 0.6 is 11.6 Å². The molecule has 0 radical (unpaired) electrons. The molecule has 2 amide bonds. The van der Waals surface area contributed by atoms with Crippen molar-refractivity contribution in [3.05, 3.63) is 28.8 Å². The number of rotatable bonds is 3. The largest absolute Gasteiger partial charge is 0.366 e. The number of hydrogen-bond donors (Lipinski definition) is 3. The third-order valence-electron chi connectivity index (χ3n) is 2.88. The third-order valence-corrected chi connectivity index (χ3v) is 3.21. The first kappa shape index (κ1) is 12.9. The van der Waals surface area contributed by atoms with Crippen LogP contribution in [0.15, 0.2) is 18.2 Å². The number of amides is 2. The summed E-state index contributed by atoms with van der Waals surface area (Å²) in [4.78, 5) is 23.0. The van der Waals surface area contributed by atoms with Crippen molar-refractivity contribution < 1.29 is 9.59 Å². The van der Waals surface area contributed by atoms with Gasteiger partial charge in [-0.3, -0.25) is 9.59 Å². The molecule has 6 heteroatoms. The van der Waals surface area contributed by atoms with E-state index in [9.17, 15) is 9.59 Å². The first-order valence-corrected chi connectivity index (χ1v) is 6.09. The molecule has 1 aliphatic rings. The number of nitrogens with one attached hydrogen (secondary N) is 2. The quantitative estimate of drug-likeness (QED) is 0.768. The van der Waals surface area contributed by atoms with Gasteiger partial charge in [0.25, 0.3) is 0 Å². The van der Waals surface area contributed by atoms with Crippen molar-refractivity contribution in [1.82, 2.24) is 5.32 Å². The molecule has 1 atom stereocenters. The van der Waals surface area contributed by atoms with Gasteiger partial charge in [-0.2, -0.15) is 0 Å². The van der Waals surface area contributed by atoms with Gasteiger partial charge in [0, 0.05) is 5.69 Å². The predicted octanol–water partition coefficient (Wildman–Crippen LogP) is 1.13. The van der Waals surface area contributed by atoms with Gasteiger partial charge < -0.3 is 16.4 Å². The molecule has 1 fully saturated rings. The van der Waals surface area contributed by atoms with Crippen molar-refractivity contribution in [2.45, 2.75) is 18.9 Å². The fourth-order valence-corrected chi connectivity index (χ4v) is 2.14. The molecule has 1 heterocycles. The number of anilines is 1. The Labute approximate surface area is 110 Å². The van der Waals surface area contributed by atoms with Gasteiger partial charge in [0.15, 0.2) is 0 Å². The van der Waals surface area contributed by atoms with Gasteiger partial charge in [0.1, 0.15) is 0 Å². The second kappa shape index (κ2) is 5.37. The molecule has 0 spiro atoms.